The highest BCUT2D eigenvalue weighted by atomic mass is 16.6. The molecule has 36 heavy (non-hydrogen) atoms. The summed E-state index contributed by atoms with van der Waals surface area (Å²) in [7, 11) is 0. The molecule has 0 radical (unpaired) electrons. The van der Waals surface area contributed by atoms with Gasteiger partial charge in [0.25, 0.3) is 0 Å². The third-order valence-corrected chi connectivity index (χ3v) is 6.86. The molecule has 0 bridgehead atoms. The molecule has 4 unspecified atom stereocenters. The van der Waals surface area contributed by atoms with E-state index in [-0.39, 0.29) is 18.4 Å². The summed E-state index contributed by atoms with van der Waals surface area (Å²) in [6.45, 7) is 2.06. The number of nitrogens with zero attached hydrogens (tertiary/aromatic N) is 2. The van der Waals surface area contributed by atoms with Crippen molar-refractivity contribution in [2.75, 3.05) is 12.3 Å². The summed E-state index contributed by atoms with van der Waals surface area (Å²) in [5.74, 6) is -0.307. The molecule has 0 saturated carbocycles. The van der Waals surface area contributed by atoms with E-state index in [1.165, 1.54) is 89.3 Å². The number of aromatic nitrogens is 2. The van der Waals surface area contributed by atoms with E-state index in [1.54, 1.807) is 0 Å². The van der Waals surface area contributed by atoms with Gasteiger partial charge < -0.3 is 25.4 Å². The maximum absolute atomic E-state index is 12.1. The molecule has 2 rings (SSSR count). The second-order valence-corrected chi connectivity index (χ2v) is 9.97. The molecular weight excluding hydrogens is 462 g/mol. The summed E-state index contributed by atoms with van der Waals surface area (Å²) in [5, 5.41) is 20.5. The Balaban J connectivity index is 1.47. The Labute approximate surface area is 215 Å². The molecule has 0 amide bonds. The van der Waals surface area contributed by atoms with Crippen LogP contribution in [0.2, 0.25) is 0 Å². The number of anilines is 1. The van der Waals surface area contributed by atoms with Crippen molar-refractivity contribution in [1.82, 2.24) is 9.55 Å². The van der Waals surface area contributed by atoms with Crippen LogP contribution in [0.25, 0.3) is 0 Å². The summed E-state index contributed by atoms with van der Waals surface area (Å²) < 4.78 is 11.9. The Bertz CT molecular complexity index is 802. The Kier molecular flexibility index (Phi) is 14.7. The van der Waals surface area contributed by atoms with Gasteiger partial charge in [0.05, 0.1) is 0 Å². The molecule has 1 aromatic rings. The van der Waals surface area contributed by atoms with Crippen LogP contribution >= 0.6 is 0 Å². The molecule has 1 aliphatic rings. The van der Waals surface area contributed by atoms with Crippen molar-refractivity contribution < 1.29 is 24.5 Å². The minimum absolute atomic E-state index is 0.0496. The van der Waals surface area contributed by atoms with Gasteiger partial charge in [0.15, 0.2) is 6.23 Å². The van der Waals surface area contributed by atoms with Crippen molar-refractivity contribution in [3.8, 4) is 0 Å². The van der Waals surface area contributed by atoms with Crippen molar-refractivity contribution in [1.29, 1.82) is 0 Å². The lowest BCUT2D eigenvalue weighted by Crippen LogP contribution is -2.36. The summed E-state index contributed by atoms with van der Waals surface area (Å²) >= 11 is 0. The maximum Gasteiger partial charge on any atom is 0.351 e. The van der Waals surface area contributed by atoms with Crippen molar-refractivity contribution in [3.05, 3.63) is 22.7 Å². The van der Waals surface area contributed by atoms with Gasteiger partial charge in [-0.3, -0.25) is 9.36 Å². The standard InChI is InChI=1S/C27H47N3O6/c1-2-3-4-5-6-7-8-9-10-11-12-13-14-15-16-17-23(31)35-20-21-24(32)25(33)26(36-21)30-19-18-22(28)29-27(30)34/h18-19,21,24-26,32-33H,2-17,20H2,1H3,(H2,28,29,34). The number of ether oxygens (including phenoxy) is 2. The van der Waals surface area contributed by atoms with Gasteiger partial charge in [-0.1, -0.05) is 96.8 Å². The van der Waals surface area contributed by atoms with E-state index in [4.69, 9.17) is 15.2 Å². The predicted molar refractivity (Wildman–Crippen MR) is 139 cm³/mol. The number of nitrogen functional groups attached to an aromatic ring is 1. The minimum atomic E-state index is -1.35. The molecule has 1 aromatic heterocycles. The zero-order valence-electron chi connectivity index (χ0n) is 22.0. The molecule has 4 N–H and O–H groups in total. The number of unbranched alkanes of at least 4 members (excludes halogenated alkanes) is 14. The summed E-state index contributed by atoms with van der Waals surface area (Å²) in [6, 6.07) is 1.40. The van der Waals surface area contributed by atoms with Crippen LogP contribution in [0, 0.1) is 0 Å². The molecule has 0 aliphatic carbocycles. The van der Waals surface area contributed by atoms with Crippen LogP contribution < -0.4 is 11.4 Å². The topological polar surface area (TPSA) is 137 Å². The SMILES string of the molecule is CCCCCCCCCCCCCCCCCC(=O)OCC1OC(n2ccc(N)nc2=O)C(O)C1O. The molecule has 1 aliphatic heterocycles. The Morgan fingerprint density at radius 1 is 0.944 bits per heavy atom. The summed E-state index contributed by atoms with van der Waals surface area (Å²) in [4.78, 5) is 27.6. The van der Waals surface area contributed by atoms with Gasteiger partial charge in [0, 0.05) is 12.6 Å². The van der Waals surface area contributed by atoms with E-state index < -0.39 is 30.2 Å². The van der Waals surface area contributed by atoms with Crippen molar-refractivity contribution in [3.63, 3.8) is 0 Å². The van der Waals surface area contributed by atoms with Gasteiger partial charge in [-0.05, 0) is 12.5 Å². The number of aliphatic hydroxyl groups is 2. The molecule has 0 aromatic carbocycles. The molecule has 4 atom stereocenters. The fourth-order valence-corrected chi connectivity index (χ4v) is 4.60. The van der Waals surface area contributed by atoms with Crippen LogP contribution in [0.15, 0.2) is 17.1 Å². The van der Waals surface area contributed by atoms with Gasteiger partial charge >= 0.3 is 11.7 Å². The molecule has 9 nitrogen and oxygen atoms in total. The first kappa shape index (κ1) is 30.3. The Morgan fingerprint density at radius 3 is 2.00 bits per heavy atom. The highest BCUT2D eigenvalue weighted by Crippen LogP contribution is 2.28. The van der Waals surface area contributed by atoms with Gasteiger partial charge in [0.2, 0.25) is 0 Å². The van der Waals surface area contributed by atoms with Crippen LogP contribution in [0.4, 0.5) is 5.82 Å². The zero-order chi connectivity index (χ0) is 26.2. The highest BCUT2D eigenvalue weighted by molar-refractivity contribution is 5.69. The average Bonchev–Trinajstić information content (AvgIpc) is 3.13. The average molecular weight is 510 g/mol. The van der Waals surface area contributed by atoms with Gasteiger partial charge in [-0.2, -0.15) is 4.98 Å². The van der Waals surface area contributed by atoms with E-state index in [0.29, 0.717) is 6.42 Å². The number of hydrogen-bond donors (Lipinski definition) is 3. The van der Waals surface area contributed by atoms with Crippen LogP contribution in [-0.4, -0.2) is 50.7 Å². The molecule has 206 valence electrons. The predicted octanol–water partition coefficient (Wildman–Crippen LogP) is 4.25. The highest BCUT2D eigenvalue weighted by Gasteiger charge is 2.44. The van der Waals surface area contributed by atoms with E-state index >= 15 is 0 Å². The smallest absolute Gasteiger partial charge is 0.351 e. The van der Waals surface area contributed by atoms with E-state index in [1.807, 2.05) is 0 Å². The van der Waals surface area contributed by atoms with Crippen LogP contribution in [0.3, 0.4) is 0 Å². The minimum Gasteiger partial charge on any atom is -0.463 e. The number of hydrogen-bond acceptors (Lipinski definition) is 8. The van der Waals surface area contributed by atoms with E-state index in [2.05, 4.69) is 11.9 Å². The molecular formula is C27H47N3O6. The molecule has 2 heterocycles. The number of carbonyl (C=O) groups excluding carboxylic acids is 1. The first-order valence-electron chi connectivity index (χ1n) is 14.0. The molecule has 9 heteroatoms. The molecule has 1 saturated heterocycles. The Hall–Kier alpha value is -1.97. The quantitative estimate of drug-likeness (QED) is 0.186. The maximum atomic E-state index is 12.1. The van der Waals surface area contributed by atoms with E-state index in [0.717, 1.165) is 23.8 Å². The Morgan fingerprint density at radius 2 is 1.47 bits per heavy atom. The number of rotatable bonds is 19. The van der Waals surface area contributed by atoms with Crippen molar-refractivity contribution >= 4 is 11.8 Å². The van der Waals surface area contributed by atoms with Gasteiger partial charge in [0.1, 0.15) is 30.7 Å². The largest absolute Gasteiger partial charge is 0.463 e. The first-order valence-corrected chi connectivity index (χ1v) is 14.0. The lowest BCUT2D eigenvalue weighted by atomic mass is 10.0. The van der Waals surface area contributed by atoms with Gasteiger partial charge in [-0.15, -0.1) is 0 Å². The second-order valence-electron chi connectivity index (χ2n) is 9.97. The number of nitrogens with two attached hydrogens (primary N) is 1. The van der Waals surface area contributed by atoms with Crippen LogP contribution in [0.5, 0.6) is 0 Å². The van der Waals surface area contributed by atoms with E-state index in [9.17, 15) is 19.8 Å². The summed E-state index contributed by atoms with van der Waals surface area (Å²) in [6.07, 6.45) is 15.9. The monoisotopic (exact) mass is 509 g/mol. The fourth-order valence-electron chi connectivity index (χ4n) is 4.60. The molecule has 0 spiro atoms. The first-order chi connectivity index (χ1) is 17.4. The lowest BCUT2D eigenvalue weighted by Gasteiger charge is -2.16. The second kappa shape index (κ2) is 17.5. The van der Waals surface area contributed by atoms with Crippen molar-refractivity contribution in [2.24, 2.45) is 0 Å². The van der Waals surface area contributed by atoms with Gasteiger partial charge in [-0.25, -0.2) is 4.79 Å². The summed E-state index contributed by atoms with van der Waals surface area (Å²) in [5.41, 5.74) is 4.78. The normalized spacial score (nSPS) is 21.6. The lowest BCUT2D eigenvalue weighted by molar-refractivity contribution is -0.150. The number of aliphatic hydroxyl groups excluding tert-OH is 2. The van der Waals surface area contributed by atoms with Crippen LogP contribution in [-0.2, 0) is 14.3 Å². The number of carbonyl (C=O) groups is 1. The van der Waals surface area contributed by atoms with Crippen LogP contribution in [0.1, 0.15) is 116 Å². The fraction of sp³-hybridized carbons (Fsp3) is 0.815. The molecule has 1 fully saturated rings. The third-order valence-electron chi connectivity index (χ3n) is 6.86. The third kappa shape index (κ3) is 11.0. The number of esters is 1. The van der Waals surface area contributed by atoms with Crippen molar-refractivity contribution in [2.45, 2.75) is 134 Å². The zero-order valence-corrected chi connectivity index (χ0v) is 22.0.